The monoisotopic (exact) mass is 259 g/mol. The van der Waals surface area contributed by atoms with Gasteiger partial charge in [0.25, 0.3) is 0 Å². The Bertz CT molecular complexity index is 441. The van der Waals surface area contributed by atoms with Gasteiger partial charge < -0.3 is 4.74 Å². The molecular weight excluding hydrogens is 238 g/mol. The Morgan fingerprint density at radius 3 is 2.79 bits per heavy atom. The van der Waals surface area contributed by atoms with E-state index in [0.29, 0.717) is 12.5 Å². The molecule has 3 heteroatoms. The fraction of sp³-hybridized carbons (Fsp3) is 0.438. The van der Waals surface area contributed by atoms with Gasteiger partial charge in [-0.2, -0.15) is 0 Å². The molecule has 1 heterocycles. The fourth-order valence-corrected chi connectivity index (χ4v) is 2.61. The van der Waals surface area contributed by atoms with Gasteiger partial charge in [-0.25, -0.2) is 0 Å². The van der Waals surface area contributed by atoms with E-state index in [9.17, 15) is 4.79 Å². The zero-order valence-electron chi connectivity index (χ0n) is 11.6. The molecule has 0 aromatic heterocycles. The van der Waals surface area contributed by atoms with Crippen LogP contribution in [0.3, 0.4) is 0 Å². The Kier molecular flexibility index (Phi) is 4.74. The Morgan fingerprint density at radius 1 is 1.37 bits per heavy atom. The molecule has 19 heavy (non-hydrogen) atoms. The molecule has 0 spiro atoms. The van der Waals surface area contributed by atoms with Crippen LogP contribution < -0.4 is 0 Å². The largest absolute Gasteiger partial charge is 0.469 e. The average molecular weight is 259 g/mol. The summed E-state index contributed by atoms with van der Waals surface area (Å²) < 4.78 is 4.80. The van der Waals surface area contributed by atoms with Crippen LogP contribution in [0.2, 0.25) is 0 Å². The van der Waals surface area contributed by atoms with Crippen molar-refractivity contribution in [2.75, 3.05) is 13.7 Å². The smallest absolute Gasteiger partial charge is 0.307 e. The Balaban J connectivity index is 2.11. The molecule has 0 saturated carbocycles. The lowest BCUT2D eigenvalue weighted by Gasteiger charge is -2.37. The molecule has 0 amide bonds. The van der Waals surface area contributed by atoms with E-state index < -0.39 is 0 Å². The van der Waals surface area contributed by atoms with Crippen molar-refractivity contribution >= 4 is 5.97 Å². The number of methoxy groups -OCH3 is 1. The second-order valence-electron chi connectivity index (χ2n) is 4.92. The highest BCUT2D eigenvalue weighted by Gasteiger charge is 2.27. The topological polar surface area (TPSA) is 29.5 Å². The van der Waals surface area contributed by atoms with E-state index in [1.54, 1.807) is 0 Å². The van der Waals surface area contributed by atoms with E-state index in [4.69, 9.17) is 4.74 Å². The highest BCUT2D eigenvalue weighted by molar-refractivity contribution is 5.70. The van der Waals surface area contributed by atoms with Crippen molar-refractivity contribution < 1.29 is 9.53 Å². The van der Waals surface area contributed by atoms with Gasteiger partial charge >= 0.3 is 5.97 Å². The lowest BCUT2D eigenvalue weighted by molar-refractivity contribution is -0.142. The Labute approximate surface area is 114 Å². The summed E-state index contributed by atoms with van der Waals surface area (Å²) in [6.45, 7) is 3.08. The van der Waals surface area contributed by atoms with Gasteiger partial charge in [0.2, 0.25) is 0 Å². The quantitative estimate of drug-likeness (QED) is 0.615. The average Bonchev–Trinajstić information content (AvgIpc) is 2.48. The first kappa shape index (κ1) is 13.8. The highest BCUT2D eigenvalue weighted by atomic mass is 16.5. The standard InChI is InChI=1S/C16H21NO2/c1-13(14-8-4-3-5-9-14)17-11-7-6-10-15(17)12-16(18)19-2/h3-9,13,15H,10-12H2,1-2H3/t13-,15+/m1/s1. The maximum atomic E-state index is 11.5. The second kappa shape index (κ2) is 6.53. The van der Waals surface area contributed by atoms with Crippen LogP contribution in [-0.2, 0) is 9.53 Å². The number of nitrogens with zero attached hydrogens (tertiary/aromatic N) is 1. The first-order valence-corrected chi connectivity index (χ1v) is 6.75. The van der Waals surface area contributed by atoms with E-state index in [1.807, 2.05) is 6.07 Å². The van der Waals surface area contributed by atoms with Crippen LogP contribution in [0.4, 0.5) is 0 Å². The van der Waals surface area contributed by atoms with Gasteiger partial charge in [0.05, 0.1) is 13.5 Å². The molecule has 1 aliphatic heterocycles. The number of rotatable bonds is 4. The summed E-state index contributed by atoms with van der Waals surface area (Å²) in [4.78, 5) is 13.9. The van der Waals surface area contributed by atoms with E-state index in [-0.39, 0.29) is 12.0 Å². The van der Waals surface area contributed by atoms with Crippen molar-refractivity contribution in [2.24, 2.45) is 0 Å². The molecule has 0 radical (unpaired) electrons. The summed E-state index contributed by atoms with van der Waals surface area (Å²) in [5.41, 5.74) is 1.28. The molecule has 0 fully saturated rings. The van der Waals surface area contributed by atoms with Gasteiger partial charge in [0.1, 0.15) is 0 Å². The zero-order valence-corrected chi connectivity index (χ0v) is 11.6. The van der Waals surface area contributed by atoms with Crippen molar-refractivity contribution in [3.05, 3.63) is 48.0 Å². The zero-order chi connectivity index (χ0) is 13.7. The summed E-state index contributed by atoms with van der Waals surface area (Å²) in [5, 5.41) is 0. The first-order valence-electron chi connectivity index (χ1n) is 6.75. The van der Waals surface area contributed by atoms with E-state index in [0.717, 1.165) is 13.0 Å². The normalized spacial score (nSPS) is 21.1. The van der Waals surface area contributed by atoms with Crippen molar-refractivity contribution in [1.29, 1.82) is 0 Å². The van der Waals surface area contributed by atoms with Gasteiger partial charge in [-0.05, 0) is 18.9 Å². The predicted octanol–water partition coefficient (Wildman–Crippen LogP) is 2.94. The van der Waals surface area contributed by atoms with Crippen LogP contribution in [-0.4, -0.2) is 30.6 Å². The Morgan fingerprint density at radius 2 is 2.11 bits per heavy atom. The van der Waals surface area contributed by atoms with E-state index in [2.05, 4.69) is 48.2 Å². The van der Waals surface area contributed by atoms with E-state index in [1.165, 1.54) is 12.7 Å². The highest BCUT2D eigenvalue weighted by Crippen LogP contribution is 2.27. The number of carbonyl (C=O) groups is 1. The number of esters is 1. The van der Waals surface area contributed by atoms with Gasteiger partial charge in [0, 0.05) is 18.6 Å². The third-order valence-electron chi connectivity index (χ3n) is 3.77. The fourth-order valence-electron chi connectivity index (χ4n) is 2.61. The molecule has 0 aliphatic carbocycles. The maximum absolute atomic E-state index is 11.5. The molecular formula is C16H21NO2. The maximum Gasteiger partial charge on any atom is 0.307 e. The number of benzene rings is 1. The van der Waals surface area contributed by atoms with Crippen LogP contribution in [0, 0.1) is 0 Å². The van der Waals surface area contributed by atoms with E-state index >= 15 is 0 Å². The van der Waals surface area contributed by atoms with Crippen LogP contribution in [0.5, 0.6) is 0 Å². The summed E-state index contributed by atoms with van der Waals surface area (Å²) in [7, 11) is 1.45. The minimum absolute atomic E-state index is 0.134. The van der Waals surface area contributed by atoms with Crippen LogP contribution in [0.1, 0.15) is 31.4 Å². The molecule has 0 bridgehead atoms. The van der Waals surface area contributed by atoms with Gasteiger partial charge in [-0.3, -0.25) is 9.69 Å². The third-order valence-corrected chi connectivity index (χ3v) is 3.77. The van der Waals surface area contributed by atoms with Crippen molar-refractivity contribution in [2.45, 2.75) is 31.8 Å². The SMILES string of the molecule is COC(=O)C[C@@H]1CC=CCN1[C@H](C)c1ccccc1. The molecule has 1 aromatic rings. The molecule has 1 aromatic carbocycles. The van der Waals surface area contributed by atoms with Crippen LogP contribution >= 0.6 is 0 Å². The van der Waals surface area contributed by atoms with Crippen molar-refractivity contribution in [3.8, 4) is 0 Å². The lowest BCUT2D eigenvalue weighted by Crippen LogP contribution is -2.40. The van der Waals surface area contributed by atoms with Crippen LogP contribution in [0.15, 0.2) is 42.5 Å². The van der Waals surface area contributed by atoms with Gasteiger partial charge in [-0.1, -0.05) is 42.5 Å². The summed E-state index contributed by atoms with van der Waals surface area (Å²) in [6.07, 6.45) is 5.69. The second-order valence-corrected chi connectivity index (χ2v) is 4.92. The number of ether oxygens (including phenoxy) is 1. The van der Waals surface area contributed by atoms with Crippen molar-refractivity contribution in [3.63, 3.8) is 0 Å². The molecule has 1 aliphatic rings. The molecule has 0 saturated heterocycles. The molecule has 0 N–H and O–H groups in total. The molecule has 0 unspecified atom stereocenters. The summed E-state index contributed by atoms with van der Waals surface area (Å²) in [5.74, 6) is -0.134. The number of carbonyl (C=O) groups excluding carboxylic acids is 1. The lowest BCUT2D eigenvalue weighted by atomic mass is 9.98. The molecule has 2 atom stereocenters. The van der Waals surface area contributed by atoms with Gasteiger partial charge in [-0.15, -0.1) is 0 Å². The van der Waals surface area contributed by atoms with Crippen LogP contribution in [0.25, 0.3) is 0 Å². The molecule has 2 rings (SSSR count). The number of hydrogen-bond donors (Lipinski definition) is 0. The minimum Gasteiger partial charge on any atom is -0.469 e. The summed E-state index contributed by atoms with van der Waals surface area (Å²) in [6, 6.07) is 10.9. The predicted molar refractivity (Wildman–Crippen MR) is 75.7 cm³/mol. The Hall–Kier alpha value is -1.61. The third kappa shape index (κ3) is 3.44. The van der Waals surface area contributed by atoms with Crippen molar-refractivity contribution in [1.82, 2.24) is 4.90 Å². The number of hydrogen-bond acceptors (Lipinski definition) is 3. The summed E-state index contributed by atoms with van der Waals surface area (Å²) >= 11 is 0. The first-order chi connectivity index (χ1) is 9.22. The molecule has 3 nitrogen and oxygen atoms in total. The van der Waals surface area contributed by atoms with Gasteiger partial charge in [0.15, 0.2) is 0 Å². The molecule has 102 valence electrons. The minimum atomic E-state index is -0.134.